The number of benzene rings is 2. The van der Waals surface area contributed by atoms with Gasteiger partial charge in [-0.3, -0.25) is 9.59 Å². The molecule has 0 atom stereocenters. The van der Waals surface area contributed by atoms with Crippen LogP contribution in [0.1, 0.15) is 60.9 Å². The molecule has 1 N–H and O–H groups in total. The summed E-state index contributed by atoms with van der Waals surface area (Å²) in [6, 6.07) is 17.5. The van der Waals surface area contributed by atoms with Crippen LogP contribution in [0.3, 0.4) is 0 Å². The first kappa shape index (κ1) is 18.7. The number of hydrogen-bond acceptors (Lipinski definition) is 2. The molecule has 4 nitrogen and oxygen atoms in total. The van der Waals surface area contributed by atoms with Crippen molar-refractivity contribution in [2.75, 3.05) is 18.4 Å². The van der Waals surface area contributed by atoms with Gasteiger partial charge in [0.2, 0.25) is 5.91 Å². The minimum atomic E-state index is -0.441. The molecular weight excluding hydrogens is 348 g/mol. The highest BCUT2D eigenvalue weighted by Crippen LogP contribution is 2.42. The molecule has 0 unspecified atom stereocenters. The lowest BCUT2D eigenvalue weighted by Crippen LogP contribution is -2.38. The van der Waals surface area contributed by atoms with Crippen LogP contribution in [0.15, 0.2) is 54.6 Å². The summed E-state index contributed by atoms with van der Waals surface area (Å²) in [6.45, 7) is 1.69. The van der Waals surface area contributed by atoms with Gasteiger partial charge in [-0.2, -0.15) is 0 Å². The minimum Gasteiger partial charge on any atom is -0.339 e. The number of hydrogen-bond donors (Lipinski definition) is 1. The van der Waals surface area contributed by atoms with Crippen LogP contribution in [-0.2, 0) is 10.2 Å². The second kappa shape index (κ2) is 8.17. The lowest BCUT2D eigenvalue weighted by Gasteiger charge is -2.28. The molecular formula is C24H28N2O2. The number of carbonyl (C=O) groups excluding carboxylic acids is 2. The molecule has 1 saturated carbocycles. The number of piperidine rings is 1. The Morgan fingerprint density at radius 3 is 2.07 bits per heavy atom. The molecule has 146 valence electrons. The number of rotatable bonds is 4. The van der Waals surface area contributed by atoms with Crippen molar-refractivity contribution >= 4 is 17.5 Å². The quantitative estimate of drug-likeness (QED) is 0.836. The average Bonchev–Trinajstić information content (AvgIpc) is 3.26. The van der Waals surface area contributed by atoms with E-state index >= 15 is 0 Å². The topological polar surface area (TPSA) is 49.4 Å². The second-order valence-electron chi connectivity index (χ2n) is 8.04. The predicted octanol–water partition coefficient (Wildman–Crippen LogP) is 4.76. The molecule has 4 rings (SSSR count). The van der Waals surface area contributed by atoms with Crippen LogP contribution in [-0.4, -0.2) is 29.8 Å². The third-order valence-electron chi connectivity index (χ3n) is 6.25. The van der Waals surface area contributed by atoms with E-state index in [4.69, 9.17) is 0 Å². The van der Waals surface area contributed by atoms with E-state index < -0.39 is 5.41 Å². The lowest BCUT2D eigenvalue weighted by molar-refractivity contribution is -0.121. The summed E-state index contributed by atoms with van der Waals surface area (Å²) in [5, 5.41) is 3.11. The highest BCUT2D eigenvalue weighted by Gasteiger charge is 2.42. The number of anilines is 1. The van der Waals surface area contributed by atoms with Gasteiger partial charge in [0.25, 0.3) is 5.91 Å². The van der Waals surface area contributed by atoms with E-state index in [1.54, 1.807) is 0 Å². The molecule has 1 heterocycles. The highest BCUT2D eigenvalue weighted by atomic mass is 16.2. The molecule has 0 aromatic heterocycles. The number of nitrogens with zero attached hydrogens (tertiary/aromatic N) is 1. The summed E-state index contributed by atoms with van der Waals surface area (Å²) in [5.74, 6) is 0.153. The van der Waals surface area contributed by atoms with Crippen LogP contribution in [0.25, 0.3) is 0 Å². The van der Waals surface area contributed by atoms with E-state index in [-0.39, 0.29) is 11.8 Å². The molecule has 0 bridgehead atoms. The maximum absolute atomic E-state index is 13.2. The van der Waals surface area contributed by atoms with Gasteiger partial charge < -0.3 is 10.2 Å². The van der Waals surface area contributed by atoms with Crippen molar-refractivity contribution in [2.24, 2.45) is 0 Å². The first-order valence-corrected chi connectivity index (χ1v) is 10.5. The highest BCUT2D eigenvalue weighted by molar-refractivity contribution is 6.00. The van der Waals surface area contributed by atoms with Gasteiger partial charge in [0.05, 0.1) is 5.41 Å². The zero-order valence-electron chi connectivity index (χ0n) is 16.3. The van der Waals surface area contributed by atoms with Crippen molar-refractivity contribution in [3.05, 3.63) is 65.7 Å². The SMILES string of the molecule is O=C(c1ccc(NC(=O)C2(c3ccccc3)CCCC2)cc1)N1CCCCC1. The van der Waals surface area contributed by atoms with E-state index in [2.05, 4.69) is 17.4 Å². The van der Waals surface area contributed by atoms with Crippen molar-refractivity contribution in [1.82, 2.24) is 4.90 Å². The normalized spacial score (nSPS) is 18.6. The Kier molecular flexibility index (Phi) is 5.47. The summed E-state index contributed by atoms with van der Waals surface area (Å²) in [4.78, 5) is 27.8. The monoisotopic (exact) mass is 376 g/mol. The van der Waals surface area contributed by atoms with Crippen molar-refractivity contribution in [1.29, 1.82) is 0 Å². The van der Waals surface area contributed by atoms with Crippen LogP contribution < -0.4 is 5.32 Å². The van der Waals surface area contributed by atoms with Gasteiger partial charge in [-0.1, -0.05) is 43.2 Å². The summed E-state index contributed by atoms with van der Waals surface area (Å²) in [6.07, 6.45) is 7.29. The molecule has 2 aromatic rings. The van der Waals surface area contributed by atoms with Crippen LogP contribution in [0, 0.1) is 0 Å². The van der Waals surface area contributed by atoms with Crippen LogP contribution in [0.4, 0.5) is 5.69 Å². The van der Waals surface area contributed by atoms with E-state index in [0.717, 1.165) is 62.9 Å². The third kappa shape index (κ3) is 3.68. The zero-order valence-corrected chi connectivity index (χ0v) is 16.3. The van der Waals surface area contributed by atoms with Crippen molar-refractivity contribution in [2.45, 2.75) is 50.4 Å². The standard InChI is InChI=1S/C24H28N2O2/c27-22(26-17-7-2-8-18-26)19-11-13-21(14-12-19)25-23(28)24(15-5-6-16-24)20-9-3-1-4-10-20/h1,3-4,9-14H,2,5-8,15-18H2,(H,25,28). The first-order chi connectivity index (χ1) is 13.7. The fourth-order valence-electron chi connectivity index (χ4n) is 4.61. The van der Waals surface area contributed by atoms with Gasteiger partial charge in [0.1, 0.15) is 0 Å². The molecule has 4 heteroatoms. The number of nitrogens with one attached hydrogen (secondary N) is 1. The van der Waals surface area contributed by atoms with Gasteiger partial charge in [0, 0.05) is 24.3 Å². The van der Waals surface area contributed by atoms with Crippen LogP contribution >= 0.6 is 0 Å². The molecule has 2 fully saturated rings. The summed E-state index contributed by atoms with van der Waals surface area (Å²) in [7, 11) is 0. The molecule has 1 aliphatic heterocycles. The smallest absolute Gasteiger partial charge is 0.253 e. The molecule has 2 aromatic carbocycles. The van der Waals surface area contributed by atoms with Crippen molar-refractivity contribution < 1.29 is 9.59 Å². The molecule has 0 spiro atoms. The van der Waals surface area contributed by atoms with Gasteiger partial charge in [-0.15, -0.1) is 0 Å². The van der Waals surface area contributed by atoms with Gasteiger partial charge >= 0.3 is 0 Å². The van der Waals surface area contributed by atoms with Gasteiger partial charge in [-0.25, -0.2) is 0 Å². The largest absolute Gasteiger partial charge is 0.339 e. The third-order valence-corrected chi connectivity index (χ3v) is 6.25. The lowest BCUT2D eigenvalue weighted by atomic mass is 9.78. The maximum Gasteiger partial charge on any atom is 0.253 e. The number of amides is 2. The van der Waals surface area contributed by atoms with E-state index in [1.807, 2.05) is 47.4 Å². The number of carbonyl (C=O) groups is 2. The minimum absolute atomic E-state index is 0.0614. The average molecular weight is 377 g/mol. The molecule has 2 aliphatic rings. The second-order valence-corrected chi connectivity index (χ2v) is 8.04. The molecule has 1 aliphatic carbocycles. The summed E-state index contributed by atoms with van der Waals surface area (Å²) >= 11 is 0. The Labute approximate surface area is 166 Å². The summed E-state index contributed by atoms with van der Waals surface area (Å²) in [5.41, 5.74) is 2.10. The maximum atomic E-state index is 13.2. The zero-order chi connectivity index (χ0) is 19.4. The van der Waals surface area contributed by atoms with E-state index in [0.29, 0.717) is 5.56 Å². The van der Waals surface area contributed by atoms with Crippen molar-refractivity contribution in [3.8, 4) is 0 Å². The Balaban J connectivity index is 1.47. The Morgan fingerprint density at radius 2 is 1.43 bits per heavy atom. The van der Waals surface area contributed by atoms with Gasteiger partial charge in [-0.05, 0) is 61.9 Å². The Morgan fingerprint density at radius 1 is 0.786 bits per heavy atom. The Bertz CT molecular complexity index is 817. The predicted molar refractivity (Wildman–Crippen MR) is 111 cm³/mol. The first-order valence-electron chi connectivity index (χ1n) is 10.5. The molecule has 28 heavy (non-hydrogen) atoms. The molecule has 0 radical (unpaired) electrons. The fraction of sp³-hybridized carbons (Fsp3) is 0.417. The van der Waals surface area contributed by atoms with Crippen LogP contribution in [0.2, 0.25) is 0 Å². The van der Waals surface area contributed by atoms with E-state index in [1.165, 1.54) is 6.42 Å². The Hall–Kier alpha value is -2.62. The number of likely N-dealkylation sites (tertiary alicyclic amines) is 1. The fourth-order valence-corrected chi connectivity index (χ4v) is 4.61. The van der Waals surface area contributed by atoms with Crippen molar-refractivity contribution in [3.63, 3.8) is 0 Å². The summed E-state index contributed by atoms with van der Waals surface area (Å²) < 4.78 is 0. The van der Waals surface area contributed by atoms with Gasteiger partial charge in [0.15, 0.2) is 0 Å². The molecule has 2 amide bonds. The van der Waals surface area contributed by atoms with E-state index in [9.17, 15) is 9.59 Å². The van der Waals surface area contributed by atoms with Crippen LogP contribution in [0.5, 0.6) is 0 Å². The molecule has 1 saturated heterocycles.